The molecule has 1 heterocycles. The van der Waals surface area contributed by atoms with Crippen LogP contribution in [0.1, 0.15) is 59.3 Å². The molecule has 100 valence electrons. The number of nitrogens with two attached hydrogens (primary N) is 1. The summed E-state index contributed by atoms with van der Waals surface area (Å²) in [5, 5.41) is 2.34. The van der Waals surface area contributed by atoms with Crippen LogP contribution in [0.25, 0.3) is 0 Å². The lowest BCUT2D eigenvalue weighted by Crippen LogP contribution is -2.86. The molecule has 0 aromatic carbocycles. The fraction of sp³-hybridized carbons (Fsp3) is 0.929. The van der Waals surface area contributed by atoms with Gasteiger partial charge in [-0.15, -0.1) is 0 Å². The van der Waals surface area contributed by atoms with Gasteiger partial charge in [-0.05, 0) is 20.3 Å². The predicted molar refractivity (Wildman–Crippen MR) is 68.7 cm³/mol. The molecule has 0 saturated carbocycles. The average molecular weight is 242 g/mol. The van der Waals surface area contributed by atoms with E-state index in [1.165, 1.54) is 13.1 Å². The number of quaternary nitrogens is 1. The van der Waals surface area contributed by atoms with Gasteiger partial charge in [-0.1, -0.05) is 19.8 Å². The molecule has 17 heavy (non-hydrogen) atoms. The fourth-order valence-corrected chi connectivity index (χ4v) is 2.57. The van der Waals surface area contributed by atoms with E-state index in [0.717, 1.165) is 32.1 Å². The van der Waals surface area contributed by atoms with Gasteiger partial charge in [-0.3, -0.25) is 4.79 Å². The van der Waals surface area contributed by atoms with Crippen molar-refractivity contribution in [3.63, 3.8) is 0 Å². The molecule has 0 spiro atoms. The first-order valence-corrected chi connectivity index (χ1v) is 7.09. The Labute approximate surface area is 105 Å². The summed E-state index contributed by atoms with van der Waals surface area (Å²) in [4.78, 5) is 11.7. The molecule has 0 bridgehead atoms. The Morgan fingerprint density at radius 1 is 1.29 bits per heavy atom. The van der Waals surface area contributed by atoms with Crippen molar-refractivity contribution >= 4 is 5.97 Å². The Morgan fingerprint density at radius 3 is 2.53 bits per heavy atom. The lowest BCUT2D eigenvalue weighted by molar-refractivity contribution is -0.665. The van der Waals surface area contributed by atoms with Crippen LogP contribution >= 0.6 is 0 Å². The molecular weight excluding hydrogens is 214 g/mol. The van der Waals surface area contributed by atoms with Gasteiger partial charge in [0, 0.05) is 25.2 Å². The topological polar surface area (TPSA) is 42.9 Å². The summed E-state index contributed by atoms with van der Waals surface area (Å²) < 4.78 is 5.67. The SMILES string of the molecule is CCCCCC(=O)OC(C)(C)C1CC[NH2+]CC1. The van der Waals surface area contributed by atoms with Gasteiger partial charge in [0.25, 0.3) is 0 Å². The first-order chi connectivity index (χ1) is 8.06. The minimum absolute atomic E-state index is 0.0157. The maximum absolute atomic E-state index is 11.7. The summed E-state index contributed by atoms with van der Waals surface area (Å²) >= 11 is 0. The quantitative estimate of drug-likeness (QED) is 0.571. The van der Waals surface area contributed by atoms with Gasteiger partial charge in [0.15, 0.2) is 0 Å². The number of esters is 1. The molecular formula is C14H28NO2+. The fourth-order valence-electron chi connectivity index (χ4n) is 2.57. The molecule has 1 aliphatic rings. The van der Waals surface area contributed by atoms with Gasteiger partial charge in [-0.25, -0.2) is 0 Å². The second kappa shape index (κ2) is 7.00. The minimum Gasteiger partial charge on any atom is -0.459 e. The number of rotatable bonds is 6. The highest BCUT2D eigenvalue weighted by Gasteiger charge is 2.34. The molecule has 0 amide bonds. The molecule has 1 aliphatic heterocycles. The smallest absolute Gasteiger partial charge is 0.306 e. The van der Waals surface area contributed by atoms with Crippen LogP contribution in [-0.2, 0) is 9.53 Å². The Morgan fingerprint density at radius 2 is 1.94 bits per heavy atom. The average Bonchev–Trinajstić information content (AvgIpc) is 2.30. The Hall–Kier alpha value is -0.570. The highest BCUT2D eigenvalue weighted by molar-refractivity contribution is 5.69. The van der Waals surface area contributed by atoms with Gasteiger partial charge < -0.3 is 10.1 Å². The molecule has 0 aliphatic carbocycles. The number of hydrogen-bond donors (Lipinski definition) is 1. The summed E-state index contributed by atoms with van der Waals surface area (Å²) in [5.74, 6) is 0.514. The van der Waals surface area contributed by atoms with E-state index in [4.69, 9.17) is 4.74 Å². The predicted octanol–water partition coefficient (Wildman–Crippen LogP) is 1.86. The normalized spacial score (nSPS) is 18.1. The molecule has 1 fully saturated rings. The van der Waals surface area contributed by atoms with Crippen molar-refractivity contribution < 1.29 is 14.8 Å². The Balaban J connectivity index is 2.33. The van der Waals surface area contributed by atoms with Crippen LogP contribution in [0.3, 0.4) is 0 Å². The second-order valence-corrected chi connectivity index (χ2v) is 5.67. The van der Waals surface area contributed by atoms with Crippen molar-refractivity contribution in [2.75, 3.05) is 13.1 Å². The molecule has 3 heteroatoms. The van der Waals surface area contributed by atoms with E-state index in [9.17, 15) is 4.79 Å². The third kappa shape index (κ3) is 5.07. The van der Waals surface area contributed by atoms with E-state index < -0.39 is 0 Å². The van der Waals surface area contributed by atoms with Gasteiger partial charge in [0.2, 0.25) is 0 Å². The van der Waals surface area contributed by atoms with Crippen LogP contribution < -0.4 is 5.32 Å². The summed E-state index contributed by atoms with van der Waals surface area (Å²) in [6.45, 7) is 8.62. The third-order valence-electron chi connectivity index (χ3n) is 3.78. The van der Waals surface area contributed by atoms with E-state index >= 15 is 0 Å². The van der Waals surface area contributed by atoms with Gasteiger partial charge in [0.1, 0.15) is 5.60 Å². The number of piperidine rings is 1. The standard InChI is InChI=1S/C14H27NO2/c1-4-5-6-7-13(16)17-14(2,3)12-8-10-15-11-9-12/h12,15H,4-11H2,1-3H3/p+1. The maximum Gasteiger partial charge on any atom is 0.306 e. The lowest BCUT2D eigenvalue weighted by Gasteiger charge is -2.35. The number of unbranched alkanes of at least 4 members (excludes halogenated alkanes) is 2. The van der Waals surface area contributed by atoms with E-state index in [2.05, 4.69) is 26.1 Å². The van der Waals surface area contributed by atoms with Crippen molar-refractivity contribution in [3.05, 3.63) is 0 Å². The van der Waals surface area contributed by atoms with E-state index in [1.54, 1.807) is 0 Å². The second-order valence-electron chi connectivity index (χ2n) is 5.67. The first kappa shape index (κ1) is 14.5. The number of carbonyl (C=O) groups excluding carboxylic acids is 1. The van der Waals surface area contributed by atoms with Crippen LogP contribution in [0, 0.1) is 5.92 Å². The van der Waals surface area contributed by atoms with Crippen LogP contribution in [-0.4, -0.2) is 24.7 Å². The molecule has 0 atom stereocenters. The maximum atomic E-state index is 11.7. The van der Waals surface area contributed by atoms with Crippen LogP contribution in [0.2, 0.25) is 0 Å². The van der Waals surface area contributed by atoms with Gasteiger partial charge >= 0.3 is 5.97 Å². The van der Waals surface area contributed by atoms with E-state index in [1.807, 2.05) is 0 Å². The molecule has 1 rings (SSSR count). The summed E-state index contributed by atoms with van der Waals surface area (Å²) in [5.41, 5.74) is -0.280. The van der Waals surface area contributed by atoms with Crippen LogP contribution in [0.5, 0.6) is 0 Å². The Bertz CT molecular complexity index is 232. The summed E-state index contributed by atoms with van der Waals surface area (Å²) in [7, 11) is 0. The third-order valence-corrected chi connectivity index (χ3v) is 3.78. The van der Waals surface area contributed by atoms with Crippen molar-refractivity contribution in [3.8, 4) is 0 Å². The molecule has 0 unspecified atom stereocenters. The molecule has 0 aromatic rings. The van der Waals surface area contributed by atoms with Gasteiger partial charge in [-0.2, -0.15) is 0 Å². The highest BCUT2D eigenvalue weighted by Crippen LogP contribution is 2.28. The summed E-state index contributed by atoms with van der Waals surface area (Å²) in [6, 6.07) is 0. The highest BCUT2D eigenvalue weighted by atomic mass is 16.6. The molecule has 0 aromatic heterocycles. The molecule has 0 radical (unpaired) electrons. The van der Waals surface area contributed by atoms with Gasteiger partial charge in [0.05, 0.1) is 13.1 Å². The summed E-state index contributed by atoms with van der Waals surface area (Å²) in [6.07, 6.45) is 6.13. The lowest BCUT2D eigenvalue weighted by atomic mass is 9.83. The monoisotopic (exact) mass is 242 g/mol. The zero-order valence-corrected chi connectivity index (χ0v) is 11.6. The number of ether oxygens (including phenoxy) is 1. The van der Waals surface area contributed by atoms with Crippen molar-refractivity contribution in [1.29, 1.82) is 0 Å². The minimum atomic E-state index is -0.280. The van der Waals surface area contributed by atoms with Crippen molar-refractivity contribution in [1.82, 2.24) is 0 Å². The van der Waals surface area contributed by atoms with E-state index in [-0.39, 0.29) is 11.6 Å². The largest absolute Gasteiger partial charge is 0.459 e. The molecule has 3 nitrogen and oxygen atoms in total. The van der Waals surface area contributed by atoms with Crippen LogP contribution in [0.15, 0.2) is 0 Å². The first-order valence-electron chi connectivity index (χ1n) is 7.09. The zero-order valence-electron chi connectivity index (χ0n) is 11.6. The van der Waals surface area contributed by atoms with Crippen molar-refractivity contribution in [2.45, 2.75) is 64.9 Å². The van der Waals surface area contributed by atoms with E-state index in [0.29, 0.717) is 12.3 Å². The Kier molecular flexibility index (Phi) is 5.96. The number of carbonyl (C=O) groups is 1. The van der Waals surface area contributed by atoms with Crippen LogP contribution in [0.4, 0.5) is 0 Å². The molecule has 2 N–H and O–H groups in total. The van der Waals surface area contributed by atoms with Crippen molar-refractivity contribution in [2.24, 2.45) is 5.92 Å². The zero-order chi connectivity index (χ0) is 12.7. The molecule has 1 saturated heterocycles. The number of hydrogen-bond acceptors (Lipinski definition) is 2.